The molecule has 1 fully saturated rings. The van der Waals surface area contributed by atoms with E-state index in [9.17, 15) is 8.42 Å². The summed E-state index contributed by atoms with van der Waals surface area (Å²) in [5.41, 5.74) is 1.17. The van der Waals surface area contributed by atoms with Gasteiger partial charge in [-0.1, -0.05) is 12.1 Å². The number of benzene rings is 1. The number of hydrogen-bond acceptors (Lipinski definition) is 3. The molecule has 0 bridgehead atoms. The van der Waals surface area contributed by atoms with Crippen LogP contribution in [0.15, 0.2) is 29.2 Å². The van der Waals surface area contributed by atoms with Crippen molar-refractivity contribution < 1.29 is 8.42 Å². The number of nitrogens with one attached hydrogen (secondary N) is 1. The maximum Gasteiger partial charge on any atom is 0.242 e. The summed E-state index contributed by atoms with van der Waals surface area (Å²) in [4.78, 5) is 0.353. The van der Waals surface area contributed by atoms with Gasteiger partial charge >= 0.3 is 0 Å². The van der Waals surface area contributed by atoms with Gasteiger partial charge in [-0.15, -0.1) is 0 Å². The summed E-state index contributed by atoms with van der Waals surface area (Å²) >= 11 is 0. The minimum absolute atomic E-state index is 0.353. The molecule has 0 spiro atoms. The molecule has 5 heteroatoms. The van der Waals surface area contributed by atoms with Crippen molar-refractivity contribution in [3.63, 3.8) is 0 Å². The Balaban J connectivity index is 1.96. The van der Waals surface area contributed by atoms with Crippen LogP contribution in [-0.2, 0) is 16.4 Å². The Hall–Kier alpha value is -0.910. The highest BCUT2D eigenvalue weighted by Crippen LogP contribution is 2.18. The van der Waals surface area contributed by atoms with Crippen LogP contribution < -0.4 is 5.32 Å². The topological polar surface area (TPSA) is 49.4 Å². The Morgan fingerprint density at radius 2 is 1.83 bits per heavy atom. The van der Waals surface area contributed by atoms with E-state index in [-0.39, 0.29) is 0 Å². The second kappa shape index (κ2) is 5.38. The number of hydrogen-bond donors (Lipinski definition) is 1. The molecule has 1 aromatic carbocycles. The first-order valence-electron chi connectivity index (χ1n) is 6.25. The zero-order valence-corrected chi connectivity index (χ0v) is 11.7. The van der Waals surface area contributed by atoms with Crippen LogP contribution in [-0.4, -0.2) is 39.4 Å². The first-order valence-corrected chi connectivity index (χ1v) is 7.69. The minimum atomic E-state index is -3.30. The fourth-order valence-electron chi connectivity index (χ4n) is 1.75. The summed E-state index contributed by atoms with van der Waals surface area (Å²) < 4.78 is 25.0. The van der Waals surface area contributed by atoms with E-state index in [4.69, 9.17) is 0 Å². The molecule has 1 aromatic rings. The monoisotopic (exact) mass is 268 g/mol. The fourth-order valence-corrected chi connectivity index (χ4v) is 2.65. The Kier molecular flexibility index (Phi) is 4.04. The molecule has 4 nitrogen and oxygen atoms in total. The van der Waals surface area contributed by atoms with Crippen molar-refractivity contribution in [2.75, 3.05) is 20.6 Å². The van der Waals surface area contributed by atoms with Gasteiger partial charge in [-0.25, -0.2) is 12.7 Å². The van der Waals surface area contributed by atoms with Gasteiger partial charge in [0.15, 0.2) is 0 Å². The zero-order valence-electron chi connectivity index (χ0n) is 10.9. The van der Waals surface area contributed by atoms with Crippen LogP contribution in [0, 0.1) is 0 Å². The molecule has 18 heavy (non-hydrogen) atoms. The predicted octanol–water partition coefficient (Wildman–Crippen LogP) is 1.23. The maximum atomic E-state index is 11.9. The first kappa shape index (κ1) is 13.5. The predicted molar refractivity (Wildman–Crippen MR) is 72.0 cm³/mol. The lowest BCUT2D eigenvalue weighted by Gasteiger charge is -2.11. The fraction of sp³-hybridized carbons (Fsp3) is 0.538. The number of rotatable bonds is 6. The Morgan fingerprint density at radius 1 is 1.22 bits per heavy atom. The van der Waals surface area contributed by atoms with Crippen molar-refractivity contribution in [2.24, 2.45) is 0 Å². The molecule has 1 aliphatic rings. The zero-order chi connectivity index (χ0) is 13.2. The molecule has 0 unspecified atom stereocenters. The third-order valence-electron chi connectivity index (χ3n) is 3.13. The standard InChI is InChI=1S/C13H20N2O2S/c1-15(2)18(16,17)13-7-3-11(4-8-13)9-10-14-12-5-6-12/h3-4,7-8,12,14H,5-6,9-10H2,1-2H3. The van der Waals surface area contributed by atoms with Gasteiger partial charge in [0.25, 0.3) is 0 Å². The lowest BCUT2D eigenvalue weighted by molar-refractivity contribution is 0.520. The average Bonchev–Trinajstić information content (AvgIpc) is 3.13. The van der Waals surface area contributed by atoms with E-state index < -0.39 is 10.0 Å². The highest BCUT2D eigenvalue weighted by atomic mass is 32.2. The molecule has 1 N–H and O–H groups in total. The molecular weight excluding hydrogens is 248 g/mol. The quantitative estimate of drug-likeness (QED) is 0.844. The van der Waals surface area contributed by atoms with E-state index in [1.54, 1.807) is 26.2 Å². The molecule has 0 saturated heterocycles. The van der Waals surface area contributed by atoms with Crippen molar-refractivity contribution in [2.45, 2.75) is 30.2 Å². The second-order valence-electron chi connectivity index (χ2n) is 4.91. The largest absolute Gasteiger partial charge is 0.314 e. The van der Waals surface area contributed by atoms with E-state index in [2.05, 4.69) is 5.32 Å². The summed E-state index contributed by atoms with van der Waals surface area (Å²) in [5.74, 6) is 0. The molecule has 0 aromatic heterocycles. The molecule has 0 heterocycles. The van der Waals surface area contributed by atoms with Crippen molar-refractivity contribution in [3.05, 3.63) is 29.8 Å². The van der Waals surface area contributed by atoms with Crippen LogP contribution in [0.3, 0.4) is 0 Å². The molecule has 1 saturated carbocycles. The lowest BCUT2D eigenvalue weighted by atomic mass is 10.1. The molecule has 0 atom stereocenters. The van der Waals surface area contributed by atoms with Crippen LogP contribution in [0.25, 0.3) is 0 Å². The summed E-state index contributed by atoms with van der Waals surface area (Å²) in [6, 6.07) is 7.87. The summed E-state index contributed by atoms with van der Waals surface area (Å²) in [6.45, 7) is 0.963. The maximum absolute atomic E-state index is 11.9. The van der Waals surface area contributed by atoms with Gasteiger partial charge in [0, 0.05) is 20.1 Å². The van der Waals surface area contributed by atoms with E-state index in [1.165, 1.54) is 22.7 Å². The SMILES string of the molecule is CN(C)S(=O)(=O)c1ccc(CCNC2CC2)cc1. The Morgan fingerprint density at radius 3 is 2.33 bits per heavy atom. The molecular formula is C13H20N2O2S. The van der Waals surface area contributed by atoms with Crippen molar-refractivity contribution >= 4 is 10.0 Å². The molecule has 2 rings (SSSR count). The van der Waals surface area contributed by atoms with E-state index >= 15 is 0 Å². The molecule has 0 aliphatic heterocycles. The smallest absolute Gasteiger partial charge is 0.242 e. The van der Waals surface area contributed by atoms with E-state index in [0.717, 1.165) is 19.0 Å². The Labute approximate surface area is 109 Å². The van der Waals surface area contributed by atoms with Gasteiger partial charge in [0.1, 0.15) is 0 Å². The summed E-state index contributed by atoms with van der Waals surface area (Å²) in [5, 5.41) is 3.44. The first-order chi connectivity index (χ1) is 8.50. The van der Waals surface area contributed by atoms with E-state index in [0.29, 0.717) is 4.90 Å². The third kappa shape index (κ3) is 3.31. The van der Waals surface area contributed by atoms with Gasteiger partial charge in [-0.3, -0.25) is 0 Å². The minimum Gasteiger partial charge on any atom is -0.314 e. The second-order valence-corrected chi connectivity index (χ2v) is 7.06. The van der Waals surface area contributed by atoms with Crippen LogP contribution in [0.5, 0.6) is 0 Å². The van der Waals surface area contributed by atoms with Crippen LogP contribution in [0.1, 0.15) is 18.4 Å². The average molecular weight is 268 g/mol. The van der Waals surface area contributed by atoms with E-state index in [1.807, 2.05) is 12.1 Å². The van der Waals surface area contributed by atoms with Gasteiger partial charge < -0.3 is 5.32 Å². The van der Waals surface area contributed by atoms with Gasteiger partial charge in [0.05, 0.1) is 4.90 Å². The van der Waals surface area contributed by atoms with Crippen LogP contribution >= 0.6 is 0 Å². The van der Waals surface area contributed by atoms with Gasteiger partial charge in [0.2, 0.25) is 10.0 Å². The van der Waals surface area contributed by atoms with Crippen LogP contribution in [0.4, 0.5) is 0 Å². The molecule has 0 amide bonds. The summed E-state index contributed by atoms with van der Waals surface area (Å²) in [6.07, 6.45) is 3.53. The van der Waals surface area contributed by atoms with Crippen molar-refractivity contribution in [3.8, 4) is 0 Å². The Bertz CT molecular complexity index is 490. The van der Waals surface area contributed by atoms with Crippen molar-refractivity contribution in [1.29, 1.82) is 0 Å². The molecule has 0 radical (unpaired) electrons. The van der Waals surface area contributed by atoms with Gasteiger partial charge in [-0.05, 0) is 43.5 Å². The lowest BCUT2D eigenvalue weighted by Crippen LogP contribution is -2.22. The highest BCUT2D eigenvalue weighted by Gasteiger charge is 2.19. The number of sulfonamides is 1. The third-order valence-corrected chi connectivity index (χ3v) is 4.96. The normalized spacial score (nSPS) is 16.2. The van der Waals surface area contributed by atoms with Crippen LogP contribution in [0.2, 0.25) is 0 Å². The number of nitrogens with zero attached hydrogens (tertiary/aromatic N) is 1. The van der Waals surface area contributed by atoms with Gasteiger partial charge in [-0.2, -0.15) is 0 Å². The molecule has 1 aliphatic carbocycles. The van der Waals surface area contributed by atoms with Crippen molar-refractivity contribution in [1.82, 2.24) is 9.62 Å². The summed E-state index contributed by atoms with van der Waals surface area (Å²) in [7, 11) is -0.211. The highest BCUT2D eigenvalue weighted by molar-refractivity contribution is 7.89. The molecule has 100 valence electrons.